The van der Waals surface area contributed by atoms with E-state index in [0.29, 0.717) is 6.42 Å². The number of hydrogen-bond donors (Lipinski definition) is 0. The highest BCUT2D eigenvalue weighted by Gasteiger charge is 2.05. The molecular weight excluding hydrogens is 240 g/mol. The third kappa shape index (κ3) is 3.11. The maximum atomic E-state index is 11.7. The lowest BCUT2D eigenvalue weighted by atomic mass is 10.0. The van der Waals surface area contributed by atoms with E-state index >= 15 is 0 Å². The first-order valence-electron chi connectivity index (χ1n) is 4.54. The van der Waals surface area contributed by atoms with Crippen LogP contribution in [-0.4, -0.2) is 5.78 Å². The average molecular weight is 253 g/mol. The van der Waals surface area contributed by atoms with Gasteiger partial charge in [-0.1, -0.05) is 39.7 Å². The second-order valence-corrected chi connectivity index (χ2v) is 4.16. The number of allylic oxidation sites excluding steroid dienone is 2. The van der Waals surface area contributed by atoms with Crippen LogP contribution in [0.4, 0.5) is 0 Å². The Labute approximate surface area is 93.0 Å². The predicted molar refractivity (Wildman–Crippen MR) is 62.5 cm³/mol. The normalized spacial score (nSPS) is 11.5. The summed E-state index contributed by atoms with van der Waals surface area (Å²) in [6.45, 7) is 3.92. The minimum absolute atomic E-state index is 0.174. The molecule has 1 aromatic carbocycles. The summed E-state index contributed by atoms with van der Waals surface area (Å²) in [6.07, 6.45) is 2.48. The molecule has 0 aromatic heterocycles. The lowest BCUT2D eigenvalue weighted by Gasteiger charge is -2.00. The van der Waals surface area contributed by atoms with E-state index < -0.39 is 0 Å². The second-order valence-electron chi connectivity index (χ2n) is 3.24. The predicted octanol–water partition coefficient (Wildman–Crippen LogP) is 3.99. The van der Waals surface area contributed by atoms with Crippen LogP contribution in [-0.2, 0) is 0 Å². The zero-order valence-corrected chi connectivity index (χ0v) is 9.97. The molecule has 1 rings (SSSR count). The first kappa shape index (κ1) is 11.2. The Balaban J connectivity index is 2.75. The number of rotatable bonds is 3. The van der Waals surface area contributed by atoms with Crippen LogP contribution in [0.3, 0.4) is 0 Å². The second kappa shape index (κ2) is 5.11. The number of ketones is 1. The quantitative estimate of drug-likeness (QED) is 0.588. The zero-order chi connectivity index (χ0) is 10.6. The molecule has 2 heteroatoms. The van der Waals surface area contributed by atoms with Gasteiger partial charge in [-0.25, -0.2) is 0 Å². The van der Waals surface area contributed by atoms with E-state index in [4.69, 9.17) is 0 Å². The van der Waals surface area contributed by atoms with E-state index in [1.54, 1.807) is 0 Å². The van der Waals surface area contributed by atoms with Gasteiger partial charge in [-0.2, -0.15) is 0 Å². The summed E-state index contributed by atoms with van der Waals surface area (Å²) < 4.78 is 0.997. The highest BCUT2D eigenvalue weighted by molar-refractivity contribution is 9.10. The van der Waals surface area contributed by atoms with E-state index in [2.05, 4.69) is 15.9 Å². The molecule has 0 bridgehead atoms. The van der Waals surface area contributed by atoms with Gasteiger partial charge in [0, 0.05) is 16.5 Å². The van der Waals surface area contributed by atoms with Crippen LogP contribution < -0.4 is 0 Å². The third-order valence-corrected chi connectivity index (χ3v) is 2.63. The molecule has 0 unspecified atom stereocenters. The lowest BCUT2D eigenvalue weighted by Crippen LogP contribution is -1.98. The first-order chi connectivity index (χ1) is 6.63. The fourth-order valence-corrected chi connectivity index (χ4v) is 1.36. The lowest BCUT2D eigenvalue weighted by molar-refractivity contribution is 0.0993. The molecule has 0 amide bonds. The van der Waals surface area contributed by atoms with Crippen molar-refractivity contribution in [2.75, 3.05) is 0 Å². The highest BCUT2D eigenvalue weighted by atomic mass is 79.9. The summed E-state index contributed by atoms with van der Waals surface area (Å²) in [5, 5.41) is 0. The van der Waals surface area contributed by atoms with Crippen molar-refractivity contribution in [3.8, 4) is 0 Å². The van der Waals surface area contributed by atoms with Crippen molar-refractivity contribution < 1.29 is 4.79 Å². The molecule has 0 saturated carbocycles. The van der Waals surface area contributed by atoms with Crippen molar-refractivity contribution in [1.29, 1.82) is 0 Å². The molecule has 0 saturated heterocycles. The van der Waals surface area contributed by atoms with Gasteiger partial charge in [0.25, 0.3) is 0 Å². The monoisotopic (exact) mass is 252 g/mol. The number of carbonyl (C=O) groups is 1. The van der Waals surface area contributed by atoms with Crippen molar-refractivity contribution >= 4 is 21.7 Å². The molecule has 0 atom stereocenters. The van der Waals surface area contributed by atoms with Gasteiger partial charge in [0.15, 0.2) is 5.78 Å². The number of carbonyl (C=O) groups excluding carboxylic acids is 1. The van der Waals surface area contributed by atoms with E-state index in [9.17, 15) is 4.79 Å². The molecule has 0 heterocycles. The van der Waals surface area contributed by atoms with E-state index in [0.717, 1.165) is 15.6 Å². The van der Waals surface area contributed by atoms with Gasteiger partial charge in [0.2, 0.25) is 0 Å². The molecular formula is C12H13BrO. The van der Waals surface area contributed by atoms with Crippen LogP contribution in [0, 0.1) is 0 Å². The maximum Gasteiger partial charge on any atom is 0.166 e. The largest absolute Gasteiger partial charge is 0.294 e. The van der Waals surface area contributed by atoms with Gasteiger partial charge < -0.3 is 0 Å². The van der Waals surface area contributed by atoms with Crippen molar-refractivity contribution in [1.82, 2.24) is 0 Å². The van der Waals surface area contributed by atoms with Crippen molar-refractivity contribution in [2.45, 2.75) is 20.3 Å². The molecule has 0 radical (unpaired) electrons. The van der Waals surface area contributed by atoms with Gasteiger partial charge in [0.05, 0.1) is 0 Å². The van der Waals surface area contributed by atoms with Crippen LogP contribution in [0.1, 0.15) is 30.6 Å². The Kier molecular flexibility index (Phi) is 4.08. The van der Waals surface area contributed by atoms with Crippen LogP contribution in [0.25, 0.3) is 0 Å². The molecule has 0 aliphatic carbocycles. The molecule has 0 aliphatic rings. The van der Waals surface area contributed by atoms with Crippen LogP contribution >= 0.6 is 15.9 Å². The Hall–Kier alpha value is -0.890. The Morgan fingerprint density at radius 3 is 2.43 bits per heavy atom. The Morgan fingerprint density at radius 2 is 1.93 bits per heavy atom. The fraction of sp³-hybridized carbons (Fsp3) is 0.250. The molecule has 0 spiro atoms. The summed E-state index contributed by atoms with van der Waals surface area (Å²) in [4.78, 5) is 11.7. The highest BCUT2D eigenvalue weighted by Crippen LogP contribution is 2.13. The van der Waals surface area contributed by atoms with Gasteiger partial charge in [-0.05, 0) is 26.0 Å². The molecule has 14 heavy (non-hydrogen) atoms. The summed E-state index contributed by atoms with van der Waals surface area (Å²) >= 11 is 3.34. The molecule has 1 aromatic rings. The average Bonchev–Trinajstić information content (AvgIpc) is 2.18. The van der Waals surface area contributed by atoms with Crippen molar-refractivity contribution in [3.63, 3.8) is 0 Å². The standard InChI is InChI=1S/C12H13BrO/c1-3-9(2)8-12(14)10-4-6-11(13)7-5-10/h3-7H,8H2,1-2H3/b9-3-. The molecule has 0 N–H and O–H groups in total. The smallest absolute Gasteiger partial charge is 0.166 e. The Morgan fingerprint density at radius 1 is 1.36 bits per heavy atom. The zero-order valence-electron chi connectivity index (χ0n) is 8.38. The summed E-state index contributed by atoms with van der Waals surface area (Å²) in [5.74, 6) is 0.174. The minimum Gasteiger partial charge on any atom is -0.294 e. The molecule has 0 aliphatic heterocycles. The molecule has 74 valence electrons. The van der Waals surface area contributed by atoms with Gasteiger partial charge in [-0.15, -0.1) is 0 Å². The van der Waals surface area contributed by atoms with E-state index in [1.165, 1.54) is 0 Å². The van der Waals surface area contributed by atoms with E-state index in [-0.39, 0.29) is 5.78 Å². The van der Waals surface area contributed by atoms with Gasteiger partial charge in [0.1, 0.15) is 0 Å². The summed E-state index contributed by atoms with van der Waals surface area (Å²) in [5.41, 5.74) is 1.88. The van der Waals surface area contributed by atoms with Gasteiger partial charge >= 0.3 is 0 Å². The van der Waals surface area contributed by atoms with Gasteiger partial charge in [-0.3, -0.25) is 4.79 Å². The minimum atomic E-state index is 0.174. The van der Waals surface area contributed by atoms with Crippen molar-refractivity contribution in [3.05, 3.63) is 46.0 Å². The topological polar surface area (TPSA) is 17.1 Å². The number of hydrogen-bond acceptors (Lipinski definition) is 1. The fourth-order valence-electron chi connectivity index (χ4n) is 1.09. The third-order valence-electron chi connectivity index (χ3n) is 2.10. The van der Waals surface area contributed by atoms with Crippen LogP contribution in [0.15, 0.2) is 40.4 Å². The first-order valence-corrected chi connectivity index (χ1v) is 5.33. The number of halogens is 1. The van der Waals surface area contributed by atoms with Crippen LogP contribution in [0.2, 0.25) is 0 Å². The van der Waals surface area contributed by atoms with Crippen LogP contribution in [0.5, 0.6) is 0 Å². The number of benzene rings is 1. The summed E-state index contributed by atoms with van der Waals surface area (Å²) in [7, 11) is 0. The molecule has 0 fully saturated rings. The van der Waals surface area contributed by atoms with Crippen molar-refractivity contribution in [2.24, 2.45) is 0 Å². The van der Waals surface area contributed by atoms with E-state index in [1.807, 2.05) is 44.2 Å². The maximum absolute atomic E-state index is 11.7. The summed E-state index contributed by atoms with van der Waals surface area (Å²) in [6, 6.07) is 7.46. The molecule has 1 nitrogen and oxygen atoms in total. The Bertz CT molecular complexity index is 349. The number of Topliss-reactive ketones (excluding diaryl/α,β-unsaturated/α-hetero) is 1. The SMILES string of the molecule is C/C=C(/C)CC(=O)c1ccc(Br)cc1.